The van der Waals surface area contributed by atoms with Crippen molar-refractivity contribution in [2.24, 2.45) is 5.92 Å². The summed E-state index contributed by atoms with van der Waals surface area (Å²) in [5.41, 5.74) is 0.872. The first kappa shape index (κ1) is 19.9. The second-order valence-electron chi connectivity index (χ2n) is 8.09. The lowest BCUT2D eigenvalue weighted by atomic mass is 10.0. The van der Waals surface area contributed by atoms with Gasteiger partial charge in [0.25, 0.3) is 0 Å². The number of hydrogen-bond acceptors (Lipinski definition) is 6. The largest absolute Gasteiger partial charge is 0.497 e. The Morgan fingerprint density at radius 1 is 1.21 bits per heavy atom. The van der Waals surface area contributed by atoms with Crippen LogP contribution in [0.2, 0.25) is 0 Å². The number of hydrogen-bond donors (Lipinski definition) is 0. The van der Waals surface area contributed by atoms with Crippen molar-refractivity contribution in [3.63, 3.8) is 0 Å². The summed E-state index contributed by atoms with van der Waals surface area (Å²) in [5, 5.41) is 4.10. The first-order valence-electron chi connectivity index (χ1n) is 10.7. The van der Waals surface area contributed by atoms with Crippen LogP contribution < -0.4 is 4.74 Å². The molecule has 0 atom stereocenters. The van der Waals surface area contributed by atoms with Crippen LogP contribution in [0.4, 0.5) is 0 Å². The molecule has 156 valence electrons. The second-order valence-corrected chi connectivity index (χ2v) is 8.09. The summed E-state index contributed by atoms with van der Waals surface area (Å²) in [7, 11) is 1.64. The van der Waals surface area contributed by atoms with E-state index in [1.807, 2.05) is 29.2 Å². The minimum Gasteiger partial charge on any atom is -0.497 e. The van der Waals surface area contributed by atoms with E-state index in [-0.39, 0.29) is 0 Å². The number of nitrogens with zero attached hydrogens (tertiary/aromatic N) is 4. The van der Waals surface area contributed by atoms with Crippen LogP contribution in [0.25, 0.3) is 11.4 Å². The van der Waals surface area contributed by atoms with Crippen LogP contribution in [0.1, 0.15) is 44.4 Å². The van der Waals surface area contributed by atoms with Gasteiger partial charge in [0.2, 0.25) is 17.6 Å². The molecule has 0 radical (unpaired) electrons. The third kappa shape index (κ3) is 5.15. The molecule has 2 fully saturated rings. The zero-order valence-electron chi connectivity index (χ0n) is 17.2. The van der Waals surface area contributed by atoms with Gasteiger partial charge in [-0.3, -0.25) is 9.69 Å². The average Bonchev–Trinajstić information content (AvgIpc) is 3.45. The van der Waals surface area contributed by atoms with Gasteiger partial charge in [-0.15, -0.1) is 0 Å². The molecule has 2 heterocycles. The first-order valence-corrected chi connectivity index (χ1v) is 10.7. The number of amides is 1. The molecule has 1 saturated heterocycles. The SMILES string of the molecule is COc1cccc(-c2noc(CN3CCN(C(=O)CCC4CCCC4)CC3)n2)c1. The lowest BCUT2D eigenvalue weighted by Gasteiger charge is -2.34. The third-order valence-electron chi connectivity index (χ3n) is 6.12. The zero-order chi connectivity index (χ0) is 20.1. The molecule has 4 rings (SSSR count). The first-order chi connectivity index (χ1) is 14.2. The molecule has 29 heavy (non-hydrogen) atoms. The molecule has 1 amide bonds. The fourth-order valence-electron chi connectivity index (χ4n) is 4.33. The van der Waals surface area contributed by atoms with Crippen molar-refractivity contribution in [2.75, 3.05) is 33.3 Å². The van der Waals surface area contributed by atoms with Gasteiger partial charge in [0, 0.05) is 38.2 Å². The maximum atomic E-state index is 12.5. The molecular weight excluding hydrogens is 368 g/mol. The van der Waals surface area contributed by atoms with Crippen molar-refractivity contribution in [2.45, 2.75) is 45.1 Å². The Hall–Kier alpha value is -2.41. The summed E-state index contributed by atoms with van der Waals surface area (Å²) in [6.07, 6.45) is 7.07. The van der Waals surface area contributed by atoms with Gasteiger partial charge in [0.05, 0.1) is 13.7 Å². The molecule has 0 N–H and O–H groups in total. The molecule has 1 aliphatic carbocycles. The Morgan fingerprint density at radius 2 is 2.00 bits per heavy atom. The van der Waals surface area contributed by atoms with Gasteiger partial charge in [0.15, 0.2) is 0 Å². The van der Waals surface area contributed by atoms with Gasteiger partial charge in [-0.25, -0.2) is 0 Å². The van der Waals surface area contributed by atoms with E-state index in [0.29, 0.717) is 30.6 Å². The van der Waals surface area contributed by atoms with E-state index >= 15 is 0 Å². The Balaban J connectivity index is 1.24. The highest BCUT2D eigenvalue weighted by atomic mass is 16.5. The van der Waals surface area contributed by atoms with Gasteiger partial charge in [-0.05, 0) is 24.5 Å². The van der Waals surface area contributed by atoms with Crippen LogP contribution in [-0.4, -0.2) is 59.1 Å². The predicted octanol–water partition coefficient (Wildman–Crippen LogP) is 3.36. The van der Waals surface area contributed by atoms with Crippen LogP contribution in [0.3, 0.4) is 0 Å². The number of piperazine rings is 1. The van der Waals surface area contributed by atoms with Crippen LogP contribution >= 0.6 is 0 Å². The van der Waals surface area contributed by atoms with E-state index in [1.165, 1.54) is 25.7 Å². The summed E-state index contributed by atoms with van der Waals surface area (Å²) in [5.74, 6) is 3.03. The van der Waals surface area contributed by atoms with E-state index in [4.69, 9.17) is 9.26 Å². The number of methoxy groups -OCH3 is 1. The highest BCUT2D eigenvalue weighted by Crippen LogP contribution is 2.28. The Morgan fingerprint density at radius 3 is 2.76 bits per heavy atom. The van der Waals surface area contributed by atoms with E-state index in [0.717, 1.165) is 49.8 Å². The molecule has 1 saturated carbocycles. The molecular formula is C22H30N4O3. The molecule has 2 aromatic rings. The van der Waals surface area contributed by atoms with Gasteiger partial charge < -0.3 is 14.2 Å². The number of aromatic nitrogens is 2. The summed E-state index contributed by atoms with van der Waals surface area (Å²) in [6.45, 7) is 3.85. The second kappa shape index (κ2) is 9.39. The van der Waals surface area contributed by atoms with E-state index in [9.17, 15) is 4.79 Å². The average molecular weight is 399 g/mol. The molecule has 0 bridgehead atoms. The predicted molar refractivity (Wildman–Crippen MR) is 109 cm³/mol. The fraction of sp³-hybridized carbons (Fsp3) is 0.591. The molecule has 1 aliphatic heterocycles. The molecule has 1 aromatic carbocycles. The van der Waals surface area contributed by atoms with Gasteiger partial charge >= 0.3 is 0 Å². The summed E-state index contributed by atoms with van der Waals surface area (Å²) < 4.78 is 10.7. The van der Waals surface area contributed by atoms with Crippen LogP contribution in [0, 0.1) is 5.92 Å². The highest BCUT2D eigenvalue weighted by Gasteiger charge is 2.24. The number of ether oxygens (including phenoxy) is 1. The molecule has 0 unspecified atom stereocenters. The van der Waals surface area contributed by atoms with Crippen molar-refractivity contribution >= 4 is 5.91 Å². The Labute approximate surface area is 172 Å². The van der Waals surface area contributed by atoms with Gasteiger partial charge in [-0.2, -0.15) is 4.98 Å². The maximum absolute atomic E-state index is 12.5. The molecule has 1 aromatic heterocycles. The lowest BCUT2D eigenvalue weighted by molar-refractivity contribution is -0.133. The number of carbonyl (C=O) groups is 1. The van der Waals surface area contributed by atoms with Crippen LogP contribution in [-0.2, 0) is 11.3 Å². The molecule has 7 heteroatoms. The van der Waals surface area contributed by atoms with Crippen molar-refractivity contribution in [3.05, 3.63) is 30.2 Å². The summed E-state index contributed by atoms with van der Waals surface area (Å²) in [4.78, 5) is 21.3. The molecule has 7 nitrogen and oxygen atoms in total. The highest BCUT2D eigenvalue weighted by molar-refractivity contribution is 5.76. The maximum Gasteiger partial charge on any atom is 0.241 e. The van der Waals surface area contributed by atoms with E-state index < -0.39 is 0 Å². The standard InChI is InChI=1S/C22H30N4O3/c1-28-19-8-4-7-18(15-19)22-23-20(29-24-22)16-25-11-13-26(14-12-25)21(27)10-9-17-5-2-3-6-17/h4,7-8,15,17H,2-3,5-6,9-14,16H2,1H3. The van der Waals surface area contributed by atoms with Crippen molar-refractivity contribution in [1.29, 1.82) is 0 Å². The van der Waals surface area contributed by atoms with Gasteiger partial charge in [0.1, 0.15) is 5.75 Å². The lowest BCUT2D eigenvalue weighted by Crippen LogP contribution is -2.48. The van der Waals surface area contributed by atoms with Crippen molar-refractivity contribution in [1.82, 2.24) is 19.9 Å². The quantitative estimate of drug-likeness (QED) is 0.712. The zero-order valence-corrected chi connectivity index (χ0v) is 17.2. The van der Waals surface area contributed by atoms with Gasteiger partial charge in [-0.1, -0.05) is 43.0 Å². The van der Waals surface area contributed by atoms with Crippen molar-refractivity contribution in [3.8, 4) is 17.1 Å². The van der Waals surface area contributed by atoms with E-state index in [2.05, 4.69) is 15.0 Å². The molecule has 0 spiro atoms. The monoisotopic (exact) mass is 398 g/mol. The minimum absolute atomic E-state index is 0.314. The number of carbonyl (C=O) groups excluding carboxylic acids is 1. The molecule has 2 aliphatic rings. The summed E-state index contributed by atoms with van der Waals surface area (Å²) >= 11 is 0. The van der Waals surface area contributed by atoms with E-state index in [1.54, 1.807) is 7.11 Å². The Kier molecular flexibility index (Phi) is 6.44. The summed E-state index contributed by atoms with van der Waals surface area (Å²) in [6, 6.07) is 7.63. The third-order valence-corrected chi connectivity index (χ3v) is 6.12. The fourth-order valence-corrected chi connectivity index (χ4v) is 4.33. The van der Waals surface area contributed by atoms with Crippen LogP contribution in [0.15, 0.2) is 28.8 Å². The Bertz CT molecular complexity index is 808. The topological polar surface area (TPSA) is 71.7 Å². The minimum atomic E-state index is 0.314. The van der Waals surface area contributed by atoms with Crippen molar-refractivity contribution < 1.29 is 14.1 Å². The number of benzene rings is 1. The normalized spacial score (nSPS) is 18.3. The van der Waals surface area contributed by atoms with Crippen LogP contribution in [0.5, 0.6) is 5.75 Å². The number of rotatable bonds is 7. The smallest absolute Gasteiger partial charge is 0.241 e.